The molecule has 0 aromatic heterocycles. The Morgan fingerprint density at radius 3 is 2.65 bits per heavy atom. The van der Waals surface area contributed by atoms with Crippen LogP contribution in [0.2, 0.25) is 0 Å². The van der Waals surface area contributed by atoms with Gasteiger partial charge in [0.1, 0.15) is 11.5 Å². The molecule has 0 fully saturated rings. The van der Waals surface area contributed by atoms with Gasteiger partial charge >= 0.3 is 0 Å². The number of phenols is 1. The molecule has 23 heavy (non-hydrogen) atoms. The molecule has 1 N–H and O–H groups in total. The molecule has 0 bridgehead atoms. The maximum Gasteiger partial charge on any atom is 0.231 e. The molecule has 0 spiro atoms. The molecule has 1 atom stereocenters. The summed E-state index contributed by atoms with van der Waals surface area (Å²) >= 11 is 0. The molecule has 120 valence electrons. The second-order valence-corrected chi connectivity index (χ2v) is 5.07. The second kappa shape index (κ2) is 6.04. The molecule has 0 aliphatic carbocycles. The number of hydrogen-bond acceptors (Lipinski definition) is 6. The Labute approximate surface area is 132 Å². The Balaban J connectivity index is 2.11. The van der Waals surface area contributed by atoms with E-state index in [-0.39, 0.29) is 19.1 Å². The lowest BCUT2D eigenvalue weighted by Gasteiger charge is -2.18. The van der Waals surface area contributed by atoms with Crippen LogP contribution in [0.5, 0.6) is 23.0 Å². The number of ether oxygens (including phenoxy) is 3. The first-order valence-electron chi connectivity index (χ1n) is 6.97. The van der Waals surface area contributed by atoms with Crippen LogP contribution in [0.15, 0.2) is 36.4 Å². The molecule has 2 aromatic carbocycles. The van der Waals surface area contributed by atoms with Crippen LogP contribution < -0.4 is 14.2 Å². The maximum absolute atomic E-state index is 11.1. The summed E-state index contributed by atoms with van der Waals surface area (Å²) in [5, 5.41) is 21.4. The van der Waals surface area contributed by atoms with Gasteiger partial charge in [-0.15, -0.1) is 0 Å². The first-order chi connectivity index (χ1) is 11.1. The van der Waals surface area contributed by atoms with Gasteiger partial charge in [-0.05, 0) is 12.1 Å². The molecule has 2 aromatic rings. The molecule has 1 unspecified atom stereocenters. The minimum atomic E-state index is -0.671. The smallest absolute Gasteiger partial charge is 0.231 e. The van der Waals surface area contributed by atoms with Crippen molar-refractivity contribution in [3.8, 4) is 23.0 Å². The van der Waals surface area contributed by atoms with Crippen molar-refractivity contribution in [2.75, 3.05) is 20.4 Å². The van der Waals surface area contributed by atoms with Crippen LogP contribution >= 0.6 is 0 Å². The highest BCUT2D eigenvalue weighted by Gasteiger charge is 2.28. The Bertz CT molecular complexity index is 745. The van der Waals surface area contributed by atoms with E-state index in [0.717, 1.165) is 0 Å². The van der Waals surface area contributed by atoms with Gasteiger partial charge in [0.05, 0.1) is 13.0 Å². The first kappa shape index (κ1) is 15.0. The third-order valence-electron chi connectivity index (χ3n) is 3.74. The third kappa shape index (κ3) is 2.85. The predicted octanol–water partition coefficient (Wildman–Crippen LogP) is 2.54. The number of rotatable bonds is 5. The van der Waals surface area contributed by atoms with Crippen LogP contribution in [-0.4, -0.2) is 30.5 Å². The summed E-state index contributed by atoms with van der Waals surface area (Å²) in [5.74, 6) is 0.659. The molecule has 1 aliphatic rings. The summed E-state index contributed by atoms with van der Waals surface area (Å²) in [6, 6.07) is 10.0. The highest BCUT2D eigenvalue weighted by molar-refractivity contribution is 5.55. The quantitative estimate of drug-likeness (QED) is 0.673. The van der Waals surface area contributed by atoms with Crippen molar-refractivity contribution in [1.29, 1.82) is 0 Å². The number of nitrogens with zero attached hydrogens (tertiary/aromatic N) is 1. The molecular weight excluding hydrogens is 302 g/mol. The summed E-state index contributed by atoms with van der Waals surface area (Å²) in [4.78, 5) is 10.7. The van der Waals surface area contributed by atoms with E-state index in [0.29, 0.717) is 28.4 Å². The minimum Gasteiger partial charge on any atom is -0.507 e. The summed E-state index contributed by atoms with van der Waals surface area (Å²) in [7, 11) is 1.50. The lowest BCUT2D eigenvalue weighted by Crippen LogP contribution is -2.15. The van der Waals surface area contributed by atoms with Crippen LogP contribution in [-0.2, 0) is 0 Å². The van der Waals surface area contributed by atoms with Crippen LogP contribution in [0.3, 0.4) is 0 Å². The van der Waals surface area contributed by atoms with Gasteiger partial charge in [0.25, 0.3) is 0 Å². The van der Waals surface area contributed by atoms with Gasteiger partial charge in [-0.3, -0.25) is 10.1 Å². The van der Waals surface area contributed by atoms with E-state index in [1.54, 1.807) is 30.3 Å². The van der Waals surface area contributed by atoms with Crippen LogP contribution in [0.4, 0.5) is 0 Å². The monoisotopic (exact) mass is 317 g/mol. The van der Waals surface area contributed by atoms with E-state index < -0.39 is 10.8 Å². The molecule has 0 saturated heterocycles. The fourth-order valence-electron chi connectivity index (χ4n) is 2.69. The van der Waals surface area contributed by atoms with Gasteiger partial charge in [0, 0.05) is 22.1 Å². The molecule has 7 nitrogen and oxygen atoms in total. The Morgan fingerprint density at radius 2 is 1.96 bits per heavy atom. The number of fused-ring (bicyclic) bond motifs is 1. The highest BCUT2D eigenvalue weighted by atomic mass is 16.7. The first-order valence-corrected chi connectivity index (χ1v) is 6.97. The Morgan fingerprint density at radius 1 is 1.26 bits per heavy atom. The molecule has 3 rings (SSSR count). The van der Waals surface area contributed by atoms with E-state index in [4.69, 9.17) is 14.2 Å². The lowest BCUT2D eigenvalue weighted by molar-refractivity contribution is -0.481. The average Bonchev–Trinajstić information content (AvgIpc) is 2.99. The van der Waals surface area contributed by atoms with Crippen molar-refractivity contribution >= 4 is 0 Å². The summed E-state index contributed by atoms with van der Waals surface area (Å²) in [5.41, 5.74) is 1.02. The summed E-state index contributed by atoms with van der Waals surface area (Å²) in [6.07, 6.45) is 0. The number of phenolic OH excluding ortho intramolecular Hbond substituents is 1. The van der Waals surface area contributed by atoms with Gasteiger partial charge in [-0.25, -0.2) is 0 Å². The van der Waals surface area contributed by atoms with Crippen molar-refractivity contribution < 1.29 is 24.2 Å². The third-order valence-corrected chi connectivity index (χ3v) is 3.74. The molecule has 0 saturated carbocycles. The van der Waals surface area contributed by atoms with Gasteiger partial charge in [-0.1, -0.05) is 18.2 Å². The van der Waals surface area contributed by atoms with Gasteiger partial charge < -0.3 is 19.3 Å². The average molecular weight is 317 g/mol. The maximum atomic E-state index is 11.1. The molecular formula is C16H15NO6. The number of para-hydroxylation sites is 1. The van der Waals surface area contributed by atoms with Crippen molar-refractivity contribution in [3.05, 3.63) is 57.6 Å². The highest BCUT2D eigenvalue weighted by Crippen LogP contribution is 2.43. The number of aromatic hydroxyl groups is 1. The molecule has 7 heteroatoms. The number of nitro groups is 1. The second-order valence-electron chi connectivity index (χ2n) is 5.07. The van der Waals surface area contributed by atoms with E-state index in [1.807, 2.05) is 0 Å². The molecule has 0 radical (unpaired) electrons. The van der Waals surface area contributed by atoms with Crippen LogP contribution in [0, 0.1) is 10.1 Å². The Hall–Kier alpha value is -2.96. The van der Waals surface area contributed by atoms with Gasteiger partial charge in [0.15, 0.2) is 11.5 Å². The topological polar surface area (TPSA) is 91.1 Å². The zero-order valence-electron chi connectivity index (χ0n) is 12.4. The number of benzene rings is 2. The fraction of sp³-hybridized carbons (Fsp3) is 0.250. The zero-order chi connectivity index (χ0) is 16.4. The normalized spacial score (nSPS) is 13.6. The standard InChI is InChI=1S/C16H15NO6/c1-21-14-5-3-2-4-10(14)12(8-17(19)20)11-6-15-16(7-13(11)18)23-9-22-15/h2-7,12,18H,8-9H2,1H3. The summed E-state index contributed by atoms with van der Waals surface area (Å²) in [6.45, 7) is -0.319. The van der Waals surface area contributed by atoms with E-state index in [1.165, 1.54) is 13.2 Å². The molecule has 1 aliphatic heterocycles. The van der Waals surface area contributed by atoms with Crippen molar-refractivity contribution in [2.45, 2.75) is 5.92 Å². The predicted molar refractivity (Wildman–Crippen MR) is 80.9 cm³/mol. The van der Waals surface area contributed by atoms with Gasteiger partial charge in [0.2, 0.25) is 13.3 Å². The van der Waals surface area contributed by atoms with E-state index in [2.05, 4.69) is 0 Å². The van der Waals surface area contributed by atoms with Crippen LogP contribution in [0.25, 0.3) is 0 Å². The minimum absolute atomic E-state index is 0.0623. The lowest BCUT2D eigenvalue weighted by atomic mass is 9.89. The van der Waals surface area contributed by atoms with E-state index >= 15 is 0 Å². The summed E-state index contributed by atoms with van der Waals surface area (Å²) < 4.78 is 15.8. The van der Waals surface area contributed by atoms with Crippen molar-refractivity contribution in [1.82, 2.24) is 0 Å². The fourth-order valence-corrected chi connectivity index (χ4v) is 2.69. The molecule has 1 heterocycles. The van der Waals surface area contributed by atoms with Crippen molar-refractivity contribution in [2.24, 2.45) is 0 Å². The largest absolute Gasteiger partial charge is 0.507 e. The number of methoxy groups -OCH3 is 1. The SMILES string of the molecule is COc1ccccc1C(C[N+](=O)[O-])c1cc2c(cc1O)OCO2. The Kier molecular flexibility index (Phi) is 3.92. The van der Waals surface area contributed by atoms with E-state index in [9.17, 15) is 15.2 Å². The molecule has 0 amide bonds. The zero-order valence-corrected chi connectivity index (χ0v) is 12.4. The van der Waals surface area contributed by atoms with Crippen molar-refractivity contribution in [3.63, 3.8) is 0 Å². The van der Waals surface area contributed by atoms with Crippen LogP contribution in [0.1, 0.15) is 17.0 Å². The van der Waals surface area contributed by atoms with Gasteiger partial charge in [-0.2, -0.15) is 0 Å². The number of hydrogen-bond donors (Lipinski definition) is 1.